The van der Waals surface area contributed by atoms with Crippen molar-refractivity contribution in [1.82, 2.24) is 0 Å². The zero-order valence-electron chi connectivity index (χ0n) is 16.8. The molecule has 0 nitrogen and oxygen atoms in total. The molecule has 21 heavy (non-hydrogen) atoms. The first-order chi connectivity index (χ1) is 9.17. The van der Waals surface area contributed by atoms with Gasteiger partial charge in [0.05, 0.1) is 0 Å². The molecular weight excluding hydrogens is 482 g/mol. The third-order valence-electron chi connectivity index (χ3n) is 5.03. The molecule has 124 valence electrons. The summed E-state index contributed by atoms with van der Waals surface area (Å²) in [5.41, 5.74) is 6.32. The van der Waals surface area contributed by atoms with Crippen LogP contribution in [0.3, 0.4) is 0 Å². The molecule has 0 radical (unpaired) electrons. The van der Waals surface area contributed by atoms with Crippen molar-refractivity contribution in [2.45, 2.75) is 89.8 Å². The van der Waals surface area contributed by atoms with E-state index in [-0.39, 0.29) is 0 Å². The van der Waals surface area contributed by atoms with Crippen molar-refractivity contribution in [1.29, 1.82) is 0 Å². The van der Waals surface area contributed by atoms with Crippen molar-refractivity contribution in [3.63, 3.8) is 0 Å². The molecule has 0 aromatic carbocycles. The van der Waals surface area contributed by atoms with E-state index in [1.807, 2.05) is 0 Å². The Balaban J connectivity index is 5.96. The fourth-order valence-corrected chi connectivity index (χ4v) is 70.5. The average molecular weight is 522 g/mol. The van der Waals surface area contributed by atoms with Gasteiger partial charge in [-0.3, -0.25) is 0 Å². The second-order valence-electron chi connectivity index (χ2n) is 9.83. The van der Waals surface area contributed by atoms with Crippen LogP contribution in [0.1, 0.15) is 41.5 Å². The summed E-state index contributed by atoms with van der Waals surface area (Å²) in [6, 6.07) is 0. The van der Waals surface area contributed by atoms with Gasteiger partial charge in [0.2, 0.25) is 0 Å². The first-order valence-corrected chi connectivity index (χ1v) is 31.3. The minimum absolute atomic E-state index is 0.760. The summed E-state index contributed by atoms with van der Waals surface area (Å²) in [6.07, 6.45) is 0. The van der Waals surface area contributed by atoms with Crippen LogP contribution in [0.15, 0.2) is 0 Å². The summed E-state index contributed by atoms with van der Waals surface area (Å²) in [5, 5.41) is 0. The van der Waals surface area contributed by atoms with E-state index in [4.69, 9.17) is 0 Å². The quantitative estimate of drug-likeness (QED) is 0.276. The Labute approximate surface area is 145 Å². The Kier molecular flexibility index (Phi) is 8.49. The Bertz CT molecular complexity index is 350. The molecule has 0 atom stereocenters. The fourth-order valence-electron chi connectivity index (χ4n) is 4.36. The molecule has 0 aromatic rings. The van der Waals surface area contributed by atoms with Gasteiger partial charge >= 0.3 is 146 Å². The third-order valence-corrected chi connectivity index (χ3v) is 55.2. The topological polar surface area (TPSA) is 0 Å². The maximum absolute atomic E-state index is 4.04. The van der Waals surface area contributed by atoms with Crippen molar-refractivity contribution in [3.05, 3.63) is 0 Å². The third kappa shape index (κ3) is 5.74. The van der Waals surface area contributed by atoms with Gasteiger partial charge in [-0.1, -0.05) is 0 Å². The van der Waals surface area contributed by atoms with E-state index in [1.54, 1.807) is 0 Å². The SMILES string of the molecule is CC(C)[Si](C#C[CH]([Sn]([CH3])([CH3])[CH3])[Sn]([CH3])([CH3])[CH3])(C(C)C)C(C)C. The van der Waals surface area contributed by atoms with Gasteiger partial charge in [-0.2, -0.15) is 0 Å². The molecular formula is C18H40SiSn2. The van der Waals surface area contributed by atoms with Crippen molar-refractivity contribution in [2.24, 2.45) is 0 Å². The van der Waals surface area contributed by atoms with Gasteiger partial charge in [-0.05, 0) is 0 Å². The molecule has 0 fully saturated rings. The number of hydrogen-bond acceptors (Lipinski definition) is 0. The summed E-state index contributed by atoms with van der Waals surface area (Å²) in [7, 11) is -1.54. The molecule has 3 heteroatoms. The summed E-state index contributed by atoms with van der Waals surface area (Å²) in [4.78, 5) is 15.6. The predicted octanol–water partition coefficient (Wildman–Crippen LogP) is 6.79. The fraction of sp³-hybridized carbons (Fsp3) is 0.889. The second kappa shape index (κ2) is 7.97. The molecule has 0 aromatic heterocycles. The van der Waals surface area contributed by atoms with Gasteiger partial charge in [-0.15, -0.1) is 0 Å². The molecule has 0 aliphatic heterocycles. The minimum atomic E-state index is -1.96. The molecule has 0 saturated carbocycles. The molecule has 0 aliphatic carbocycles. The zero-order valence-corrected chi connectivity index (χ0v) is 23.5. The molecule has 0 unspecified atom stereocenters. The zero-order chi connectivity index (χ0) is 17.2. The summed E-state index contributed by atoms with van der Waals surface area (Å²) < 4.78 is 0.858. The van der Waals surface area contributed by atoms with Crippen LogP contribution < -0.4 is 0 Å². The van der Waals surface area contributed by atoms with Crippen molar-refractivity contribution in [3.8, 4) is 11.5 Å². The number of rotatable bonds is 5. The molecule has 0 bridgehead atoms. The molecule has 0 aliphatic rings. The standard InChI is InChI=1S/C12H22Si.6CH3.2Sn/c1-8-9-13(10(2)3,11(4)5)12(6)7;;;;;;;;/h1,10-12H,2-7H3;6*1H3;;. The van der Waals surface area contributed by atoms with Crippen LogP contribution in [0, 0.1) is 11.5 Å². The van der Waals surface area contributed by atoms with E-state index in [0.717, 1.165) is 18.6 Å². The van der Waals surface area contributed by atoms with Gasteiger partial charge in [0.25, 0.3) is 0 Å². The van der Waals surface area contributed by atoms with E-state index < -0.39 is 44.8 Å². The average Bonchev–Trinajstić information content (AvgIpc) is 2.18. The Hall–Kier alpha value is 1.37. The van der Waals surface area contributed by atoms with Gasteiger partial charge < -0.3 is 0 Å². The van der Waals surface area contributed by atoms with Gasteiger partial charge in [-0.25, -0.2) is 0 Å². The monoisotopic (exact) mass is 524 g/mol. The first kappa shape index (κ1) is 22.4. The van der Waals surface area contributed by atoms with E-state index in [1.165, 1.54) is 0 Å². The molecule has 0 saturated heterocycles. The summed E-state index contributed by atoms with van der Waals surface area (Å²) >= 11 is -3.91. The van der Waals surface area contributed by atoms with E-state index >= 15 is 0 Å². The first-order valence-electron chi connectivity index (χ1n) is 8.70. The molecule has 0 N–H and O–H groups in total. The van der Waals surface area contributed by atoms with Gasteiger partial charge in [0.1, 0.15) is 0 Å². The van der Waals surface area contributed by atoms with Crippen LogP contribution in [0.25, 0.3) is 0 Å². The van der Waals surface area contributed by atoms with Gasteiger partial charge in [0, 0.05) is 0 Å². The van der Waals surface area contributed by atoms with Crippen LogP contribution >= 0.6 is 0 Å². The second-order valence-corrected chi connectivity index (χ2v) is 50.4. The van der Waals surface area contributed by atoms with Gasteiger partial charge in [0.15, 0.2) is 0 Å². The molecule has 0 rings (SSSR count). The van der Waals surface area contributed by atoms with Crippen molar-refractivity contribution >= 4 is 44.8 Å². The maximum atomic E-state index is 4.04. The van der Waals surface area contributed by atoms with Crippen molar-refractivity contribution < 1.29 is 0 Å². The Morgan fingerprint density at radius 3 is 1.10 bits per heavy atom. The van der Waals surface area contributed by atoms with Crippen LogP contribution in [0.2, 0.25) is 48.2 Å². The van der Waals surface area contributed by atoms with E-state index in [2.05, 4.69) is 82.6 Å². The molecule has 0 heterocycles. The molecule has 0 amide bonds. The summed E-state index contributed by atoms with van der Waals surface area (Å²) in [5.74, 6) is 3.98. The predicted molar refractivity (Wildman–Crippen MR) is 109 cm³/mol. The van der Waals surface area contributed by atoms with E-state index in [0.29, 0.717) is 0 Å². The van der Waals surface area contributed by atoms with E-state index in [9.17, 15) is 0 Å². The number of hydrogen-bond donors (Lipinski definition) is 0. The Morgan fingerprint density at radius 2 is 0.905 bits per heavy atom. The van der Waals surface area contributed by atoms with Crippen LogP contribution in [0.5, 0.6) is 0 Å². The van der Waals surface area contributed by atoms with Crippen LogP contribution in [0.4, 0.5) is 0 Å². The Morgan fingerprint density at radius 1 is 0.619 bits per heavy atom. The van der Waals surface area contributed by atoms with Crippen LogP contribution in [-0.2, 0) is 0 Å². The van der Waals surface area contributed by atoms with Crippen LogP contribution in [-0.4, -0.2) is 44.8 Å². The summed E-state index contributed by atoms with van der Waals surface area (Å²) in [6.45, 7) is 14.6. The van der Waals surface area contributed by atoms with Crippen molar-refractivity contribution in [2.75, 3.05) is 0 Å². The molecule has 0 spiro atoms. The normalized spacial score (nSPS) is 14.1.